The van der Waals surface area contributed by atoms with Gasteiger partial charge in [-0.2, -0.15) is 0 Å². The van der Waals surface area contributed by atoms with Crippen molar-refractivity contribution in [1.82, 2.24) is 4.90 Å². The number of hydrogen-bond donors (Lipinski definition) is 0. The van der Waals surface area contributed by atoms with Gasteiger partial charge >= 0.3 is 0 Å². The molecule has 0 aliphatic carbocycles. The first-order valence-electron chi connectivity index (χ1n) is 8.64. The summed E-state index contributed by atoms with van der Waals surface area (Å²) in [6, 6.07) is 5.24. The highest BCUT2D eigenvalue weighted by molar-refractivity contribution is 5.58. The molecule has 0 unspecified atom stereocenters. The topological polar surface area (TPSA) is 68.1 Å². The largest absolute Gasteiger partial charge is 0.379 e. The zero-order chi connectivity index (χ0) is 16.8. The van der Waals surface area contributed by atoms with E-state index in [1.807, 2.05) is 6.07 Å². The molecule has 1 aromatic rings. The van der Waals surface area contributed by atoms with Gasteiger partial charge in [0.25, 0.3) is 5.69 Å². The molecule has 132 valence electrons. The van der Waals surface area contributed by atoms with E-state index in [0.29, 0.717) is 13.2 Å². The lowest BCUT2D eigenvalue weighted by atomic mass is 10.0. The van der Waals surface area contributed by atoms with Crippen molar-refractivity contribution in [3.05, 3.63) is 33.9 Å². The Hall–Kier alpha value is -1.70. The molecule has 0 saturated carbocycles. The molecule has 2 aliphatic rings. The number of ether oxygens (including phenoxy) is 2. The van der Waals surface area contributed by atoms with Gasteiger partial charge in [-0.05, 0) is 31.0 Å². The van der Waals surface area contributed by atoms with Gasteiger partial charge < -0.3 is 14.4 Å². The highest BCUT2D eigenvalue weighted by Gasteiger charge is 2.18. The van der Waals surface area contributed by atoms with Gasteiger partial charge in [-0.15, -0.1) is 0 Å². The molecule has 2 fully saturated rings. The van der Waals surface area contributed by atoms with Crippen molar-refractivity contribution in [1.29, 1.82) is 0 Å². The van der Waals surface area contributed by atoms with Gasteiger partial charge in [0.05, 0.1) is 31.4 Å². The van der Waals surface area contributed by atoms with Crippen LogP contribution in [0.4, 0.5) is 11.4 Å². The average Bonchev–Trinajstić information content (AvgIpc) is 2.63. The number of morpholine rings is 2. The summed E-state index contributed by atoms with van der Waals surface area (Å²) in [6.45, 7) is 7.67. The minimum atomic E-state index is -0.311. The second-order valence-corrected chi connectivity index (χ2v) is 6.23. The van der Waals surface area contributed by atoms with Crippen LogP contribution in [0.2, 0.25) is 0 Å². The van der Waals surface area contributed by atoms with E-state index < -0.39 is 0 Å². The number of nitro benzene ring substituents is 1. The number of non-ortho nitro benzene ring substituents is 1. The quantitative estimate of drug-likeness (QED) is 0.582. The Morgan fingerprint density at radius 3 is 2.38 bits per heavy atom. The van der Waals surface area contributed by atoms with Gasteiger partial charge in [-0.1, -0.05) is 0 Å². The van der Waals surface area contributed by atoms with Crippen molar-refractivity contribution < 1.29 is 14.4 Å². The fourth-order valence-corrected chi connectivity index (χ4v) is 3.32. The molecular formula is C17H25N3O4. The van der Waals surface area contributed by atoms with E-state index in [1.165, 1.54) is 0 Å². The van der Waals surface area contributed by atoms with Crippen LogP contribution < -0.4 is 4.90 Å². The smallest absolute Gasteiger partial charge is 0.269 e. The molecule has 2 aliphatic heterocycles. The molecule has 7 heteroatoms. The molecule has 0 spiro atoms. The molecule has 24 heavy (non-hydrogen) atoms. The number of rotatable bonds is 6. The summed E-state index contributed by atoms with van der Waals surface area (Å²) in [5.41, 5.74) is 2.36. The second-order valence-electron chi connectivity index (χ2n) is 6.23. The number of nitrogens with zero attached hydrogens (tertiary/aromatic N) is 3. The fraction of sp³-hybridized carbons (Fsp3) is 0.647. The third kappa shape index (κ3) is 4.43. The molecule has 7 nitrogen and oxygen atoms in total. The zero-order valence-electron chi connectivity index (χ0n) is 14.0. The van der Waals surface area contributed by atoms with Gasteiger partial charge in [0, 0.05) is 44.0 Å². The van der Waals surface area contributed by atoms with Crippen LogP contribution in [-0.4, -0.2) is 69.0 Å². The molecular weight excluding hydrogens is 310 g/mol. The second kappa shape index (κ2) is 8.41. The molecule has 1 aromatic carbocycles. The first-order chi connectivity index (χ1) is 11.7. The maximum absolute atomic E-state index is 11.1. The van der Waals surface area contributed by atoms with Crippen molar-refractivity contribution in [2.75, 3.05) is 64.1 Å². The lowest BCUT2D eigenvalue weighted by Crippen LogP contribution is -2.37. The first-order valence-corrected chi connectivity index (χ1v) is 8.64. The van der Waals surface area contributed by atoms with E-state index in [4.69, 9.17) is 9.47 Å². The Morgan fingerprint density at radius 1 is 1.04 bits per heavy atom. The van der Waals surface area contributed by atoms with Gasteiger partial charge in [0.2, 0.25) is 0 Å². The minimum Gasteiger partial charge on any atom is -0.379 e. The molecule has 0 atom stereocenters. The lowest BCUT2D eigenvalue weighted by Gasteiger charge is -2.31. The van der Waals surface area contributed by atoms with E-state index in [-0.39, 0.29) is 10.6 Å². The van der Waals surface area contributed by atoms with Crippen molar-refractivity contribution in [2.24, 2.45) is 0 Å². The molecule has 0 N–H and O–H groups in total. The van der Waals surface area contributed by atoms with Gasteiger partial charge in [0.15, 0.2) is 0 Å². The minimum absolute atomic E-state index is 0.174. The third-order valence-corrected chi connectivity index (χ3v) is 4.65. The predicted octanol–water partition coefficient (Wildman–Crippen LogP) is 1.70. The van der Waals surface area contributed by atoms with Crippen LogP contribution in [0.5, 0.6) is 0 Å². The van der Waals surface area contributed by atoms with Crippen molar-refractivity contribution in [3.63, 3.8) is 0 Å². The normalized spacial score (nSPS) is 19.4. The molecule has 3 rings (SSSR count). The number of benzene rings is 1. The van der Waals surface area contributed by atoms with E-state index >= 15 is 0 Å². The molecule has 0 radical (unpaired) electrons. The van der Waals surface area contributed by atoms with Crippen LogP contribution in [0, 0.1) is 10.1 Å². The molecule has 0 amide bonds. The van der Waals surface area contributed by atoms with Crippen LogP contribution in [-0.2, 0) is 15.9 Å². The summed E-state index contributed by atoms with van der Waals surface area (Å²) in [4.78, 5) is 15.5. The maximum atomic E-state index is 11.1. The van der Waals surface area contributed by atoms with Crippen LogP contribution in [0.15, 0.2) is 18.2 Å². The highest BCUT2D eigenvalue weighted by Crippen LogP contribution is 2.27. The monoisotopic (exact) mass is 335 g/mol. The van der Waals surface area contributed by atoms with Crippen LogP contribution in [0.1, 0.15) is 12.0 Å². The number of hydrogen-bond acceptors (Lipinski definition) is 6. The third-order valence-electron chi connectivity index (χ3n) is 4.65. The number of anilines is 1. The summed E-state index contributed by atoms with van der Waals surface area (Å²) >= 11 is 0. The zero-order valence-corrected chi connectivity index (χ0v) is 14.0. The van der Waals surface area contributed by atoms with E-state index in [0.717, 1.165) is 70.0 Å². The molecule has 0 aromatic heterocycles. The number of nitro groups is 1. The average molecular weight is 335 g/mol. The van der Waals surface area contributed by atoms with E-state index in [9.17, 15) is 10.1 Å². The van der Waals surface area contributed by atoms with Gasteiger partial charge in [-0.25, -0.2) is 0 Å². The van der Waals surface area contributed by atoms with Crippen LogP contribution in [0.3, 0.4) is 0 Å². The highest BCUT2D eigenvalue weighted by atomic mass is 16.6. The van der Waals surface area contributed by atoms with Crippen molar-refractivity contribution in [2.45, 2.75) is 12.8 Å². The summed E-state index contributed by atoms with van der Waals surface area (Å²) in [5.74, 6) is 0. The molecule has 2 heterocycles. The summed E-state index contributed by atoms with van der Waals surface area (Å²) in [7, 11) is 0. The number of aryl methyl sites for hydroxylation is 1. The van der Waals surface area contributed by atoms with Crippen molar-refractivity contribution >= 4 is 11.4 Å². The molecule has 0 bridgehead atoms. The summed E-state index contributed by atoms with van der Waals surface area (Å²) in [6.07, 6.45) is 1.85. The molecule has 2 saturated heterocycles. The summed E-state index contributed by atoms with van der Waals surface area (Å²) in [5, 5.41) is 11.1. The SMILES string of the molecule is O=[N+]([O-])c1ccc(N2CCOCC2)c(CCCN2CCOCC2)c1. The van der Waals surface area contributed by atoms with E-state index in [1.54, 1.807) is 12.1 Å². The first kappa shape index (κ1) is 17.1. The van der Waals surface area contributed by atoms with Crippen molar-refractivity contribution in [3.8, 4) is 0 Å². The van der Waals surface area contributed by atoms with Gasteiger partial charge in [-0.3, -0.25) is 15.0 Å². The Bertz CT molecular complexity index is 555. The Balaban J connectivity index is 1.67. The standard InChI is InChI=1S/C17H25N3O4/c21-20(22)16-3-4-17(19-8-12-24-13-9-19)15(14-16)2-1-5-18-6-10-23-11-7-18/h3-4,14H,1-2,5-13H2. The fourth-order valence-electron chi connectivity index (χ4n) is 3.32. The Labute approximate surface area is 142 Å². The Morgan fingerprint density at radius 2 is 1.71 bits per heavy atom. The Kier molecular flexibility index (Phi) is 6.01. The predicted molar refractivity (Wildman–Crippen MR) is 91.7 cm³/mol. The van der Waals surface area contributed by atoms with E-state index in [2.05, 4.69) is 9.80 Å². The van der Waals surface area contributed by atoms with Gasteiger partial charge in [0.1, 0.15) is 0 Å². The summed E-state index contributed by atoms with van der Waals surface area (Å²) < 4.78 is 10.8. The van der Waals surface area contributed by atoms with Crippen LogP contribution >= 0.6 is 0 Å². The lowest BCUT2D eigenvalue weighted by molar-refractivity contribution is -0.384. The maximum Gasteiger partial charge on any atom is 0.269 e. The van der Waals surface area contributed by atoms with Crippen LogP contribution in [0.25, 0.3) is 0 Å².